The second-order valence-corrected chi connectivity index (χ2v) is 5.61. The first-order valence-corrected chi connectivity index (χ1v) is 7.37. The average molecular weight is 262 g/mol. The highest BCUT2D eigenvalue weighted by Crippen LogP contribution is 2.27. The SMILES string of the molecule is CCCN1CCN(c2nc3cccnc3s2)CC1. The molecular formula is C13H18N4S. The molecule has 0 aromatic carbocycles. The molecule has 1 saturated heterocycles. The van der Waals surface area contributed by atoms with E-state index in [2.05, 4.69) is 26.7 Å². The van der Waals surface area contributed by atoms with Crippen molar-refractivity contribution in [3.05, 3.63) is 18.3 Å². The molecule has 0 N–H and O–H groups in total. The van der Waals surface area contributed by atoms with Gasteiger partial charge in [0.05, 0.1) is 0 Å². The molecule has 0 atom stereocenters. The van der Waals surface area contributed by atoms with Crippen molar-refractivity contribution in [1.82, 2.24) is 14.9 Å². The van der Waals surface area contributed by atoms with Crippen molar-refractivity contribution in [2.75, 3.05) is 37.6 Å². The largest absolute Gasteiger partial charge is 0.345 e. The Kier molecular flexibility index (Phi) is 3.43. The highest BCUT2D eigenvalue weighted by atomic mass is 32.1. The Morgan fingerprint density at radius 1 is 1.28 bits per heavy atom. The summed E-state index contributed by atoms with van der Waals surface area (Å²) in [5, 5.41) is 1.12. The standard InChI is InChI=1S/C13H18N4S/c1-2-6-16-7-9-17(10-8-16)13-15-11-4-3-5-14-12(11)18-13/h3-5H,2,6-10H2,1H3. The highest BCUT2D eigenvalue weighted by molar-refractivity contribution is 7.21. The van der Waals surface area contributed by atoms with Crippen LogP contribution in [0.25, 0.3) is 10.3 Å². The van der Waals surface area contributed by atoms with Gasteiger partial charge in [0.15, 0.2) is 5.13 Å². The maximum atomic E-state index is 4.67. The number of aromatic nitrogens is 2. The molecule has 0 bridgehead atoms. The molecule has 2 aromatic heterocycles. The van der Waals surface area contributed by atoms with Crippen LogP contribution in [0.5, 0.6) is 0 Å². The Balaban J connectivity index is 1.72. The molecule has 0 amide bonds. The first-order valence-electron chi connectivity index (χ1n) is 6.55. The van der Waals surface area contributed by atoms with Gasteiger partial charge in [-0.15, -0.1) is 0 Å². The fourth-order valence-corrected chi connectivity index (χ4v) is 3.33. The van der Waals surface area contributed by atoms with Crippen LogP contribution in [-0.2, 0) is 0 Å². The molecular weight excluding hydrogens is 244 g/mol. The Morgan fingerprint density at radius 2 is 2.11 bits per heavy atom. The van der Waals surface area contributed by atoms with E-state index in [9.17, 15) is 0 Å². The van der Waals surface area contributed by atoms with Crippen LogP contribution >= 0.6 is 11.3 Å². The lowest BCUT2D eigenvalue weighted by Crippen LogP contribution is -2.46. The fraction of sp³-hybridized carbons (Fsp3) is 0.538. The van der Waals surface area contributed by atoms with E-state index in [-0.39, 0.29) is 0 Å². The molecule has 2 aromatic rings. The Morgan fingerprint density at radius 3 is 2.83 bits per heavy atom. The maximum absolute atomic E-state index is 4.67. The molecule has 3 rings (SSSR count). The van der Waals surface area contributed by atoms with Crippen molar-refractivity contribution in [1.29, 1.82) is 0 Å². The van der Waals surface area contributed by atoms with Gasteiger partial charge in [0.1, 0.15) is 10.3 Å². The van der Waals surface area contributed by atoms with Crippen LogP contribution in [0.3, 0.4) is 0 Å². The van der Waals surface area contributed by atoms with E-state index in [1.807, 2.05) is 18.3 Å². The van der Waals surface area contributed by atoms with Gasteiger partial charge < -0.3 is 4.90 Å². The van der Waals surface area contributed by atoms with Crippen molar-refractivity contribution >= 4 is 26.8 Å². The Labute approximate surface area is 111 Å². The van der Waals surface area contributed by atoms with Crippen LogP contribution < -0.4 is 4.90 Å². The van der Waals surface area contributed by atoms with Crippen molar-refractivity contribution < 1.29 is 0 Å². The van der Waals surface area contributed by atoms with E-state index < -0.39 is 0 Å². The number of anilines is 1. The Hall–Kier alpha value is -1.20. The molecule has 3 heterocycles. The van der Waals surface area contributed by atoms with Crippen LogP contribution in [0.1, 0.15) is 13.3 Å². The lowest BCUT2D eigenvalue weighted by Gasteiger charge is -2.34. The average Bonchev–Trinajstić information content (AvgIpc) is 2.84. The summed E-state index contributed by atoms with van der Waals surface area (Å²) in [6.45, 7) is 7.93. The summed E-state index contributed by atoms with van der Waals surface area (Å²) in [4.78, 5) is 15.0. The molecule has 18 heavy (non-hydrogen) atoms. The predicted octanol–water partition coefficient (Wildman–Crippen LogP) is 2.22. The van der Waals surface area contributed by atoms with Gasteiger partial charge in [0.25, 0.3) is 0 Å². The van der Waals surface area contributed by atoms with E-state index >= 15 is 0 Å². The van der Waals surface area contributed by atoms with Crippen molar-refractivity contribution in [2.45, 2.75) is 13.3 Å². The summed E-state index contributed by atoms with van der Waals surface area (Å²) in [6, 6.07) is 3.99. The quantitative estimate of drug-likeness (QED) is 0.849. The first kappa shape index (κ1) is 11.9. The number of thiazole rings is 1. The summed E-state index contributed by atoms with van der Waals surface area (Å²) < 4.78 is 0. The third-order valence-electron chi connectivity index (χ3n) is 3.34. The molecule has 0 unspecified atom stereocenters. The summed E-state index contributed by atoms with van der Waals surface area (Å²) in [7, 11) is 0. The van der Waals surface area contributed by atoms with Gasteiger partial charge in [-0.2, -0.15) is 0 Å². The molecule has 5 heteroatoms. The van der Waals surface area contributed by atoms with Gasteiger partial charge in [-0.1, -0.05) is 18.3 Å². The third kappa shape index (κ3) is 2.33. The molecule has 1 fully saturated rings. The zero-order valence-electron chi connectivity index (χ0n) is 10.7. The first-order chi connectivity index (χ1) is 8.86. The summed E-state index contributed by atoms with van der Waals surface area (Å²) in [5.74, 6) is 0. The van der Waals surface area contributed by atoms with Crippen LogP contribution in [-0.4, -0.2) is 47.6 Å². The number of pyridine rings is 1. The highest BCUT2D eigenvalue weighted by Gasteiger charge is 2.19. The summed E-state index contributed by atoms with van der Waals surface area (Å²) in [6.07, 6.45) is 3.08. The normalized spacial score (nSPS) is 17.5. The summed E-state index contributed by atoms with van der Waals surface area (Å²) >= 11 is 1.70. The maximum Gasteiger partial charge on any atom is 0.188 e. The van der Waals surface area contributed by atoms with Gasteiger partial charge in [-0.25, -0.2) is 9.97 Å². The van der Waals surface area contributed by atoms with Gasteiger partial charge >= 0.3 is 0 Å². The molecule has 96 valence electrons. The van der Waals surface area contributed by atoms with E-state index in [4.69, 9.17) is 0 Å². The number of fused-ring (bicyclic) bond motifs is 1. The molecule has 0 spiro atoms. The molecule has 1 aliphatic heterocycles. The monoisotopic (exact) mass is 262 g/mol. The van der Waals surface area contributed by atoms with Crippen LogP contribution in [0.4, 0.5) is 5.13 Å². The molecule has 0 aliphatic carbocycles. The van der Waals surface area contributed by atoms with Crippen LogP contribution in [0, 0.1) is 0 Å². The lowest BCUT2D eigenvalue weighted by molar-refractivity contribution is 0.258. The van der Waals surface area contributed by atoms with Crippen LogP contribution in [0.2, 0.25) is 0 Å². The minimum atomic E-state index is 1.02. The van der Waals surface area contributed by atoms with Crippen molar-refractivity contribution in [3.8, 4) is 0 Å². The molecule has 1 aliphatic rings. The van der Waals surface area contributed by atoms with E-state index in [0.717, 1.165) is 41.7 Å². The number of rotatable bonds is 3. The minimum Gasteiger partial charge on any atom is -0.345 e. The minimum absolute atomic E-state index is 1.02. The van der Waals surface area contributed by atoms with Crippen molar-refractivity contribution in [3.63, 3.8) is 0 Å². The van der Waals surface area contributed by atoms with Gasteiger partial charge in [-0.3, -0.25) is 4.90 Å². The molecule has 0 radical (unpaired) electrons. The Bertz CT molecular complexity index is 483. The molecule has 0 saturated carbocycles. The number of hydrogen-bond acceptors (Lipinski definition) is 5. The third-order valence-corrected chi connectivity index (χ3v) is 4.38. The second-order valence-electron chi connectivity index (χ2n) is 4.65. The van der Waals surface area contributed by atoms with Gasteiger partial charge in [-0.05, 0) is 25.1 Å². The summed E-state index contributed by atoms with van der Waals surface area (Å²) in [5.41, 5.74) is 1.02. The lowest BCUT2D eigenvalue weighted by atomic mass is 10.3. The second kappa shape index (κ2) is 5.20. The smallest absolute Gasteiger partial charge is 0.188 e. The van der Waals surface area contributed by atoms with E-state index in [1.165, 1.54) is 13.0 Å². The van der Waals surface area contributed by atoms with E-state index in [1.54, 1.807) is 11.3 Å². The zero-order chi connectivity index (χ0) is 12.4. The van der Waals surface area contributed by atoms with E-state index in [0.29, 0.717) is 0 Å². The fourth-order valence-electron chi connectivity index (χ4n) is 2.37. The number of piperazine rings is 1. The zero-order valence-corrected chi connectivity index (χ0v) is 11.5. The van der Waals surface area contributed by atoms with Gasteiger partial charge in [0.2, 0.25) is 0 Å². The molecule has 4 nitrogen and oxygen atoms in total. The predicted molar refractivity (Wildman–Crippen MR) is 76.4 cm³/mol. The number of hydrogen-bond donors (Lipinski definition) is 0. The topological polar surface area (TPSA) is 32.3 Å². The van der Waals surface area contributed by atoms with Crippen LogP contribution in [0.15, 0.2) is 18.3 Å². The van der Waals surface area contributed by atoms with Crippen molar-refractivity contribution in [2.24, 2.45) is 0 Å². The number of nitrogens with zero attached hydrogens (tertiary/aromatic N) is 4. The van der Waals surface area contributed by atoms with Gasteiger partial charge in [0, 0.05) is 32.4 Å².